The predicted molar refractivity (Wildman–Crippen MR) is 99.2 cm³/mol. The number of aryl methyl sites for hydroxylation is 1. The summed E-state index contributed by atoms with van der Waals surface area (Å²) >= 11 is 5.91. The van der Waals surface area contributed by atoms with E-state index in [9.17, 15) is 9.59 Å². The van der Waals surface area contributed by atoms with Crippen LogP contribution < -0.4 is 0 Å². The van der Waals surface area contributed by atoms with Gasteiger partial charge in [-0.15, -0.1) is 0 Å². The molecule has 134 valence electrons. The number of ketones is 1. The Kier molecular flexibility index (Phi) is 6.07. The van der Waals surface area contributed by atoms with Crippen molar-refractivity contribution in [2.24, 2.45) is 13.0 Å². The molecule has 1 heterocycles. The smallest absolute Gasteiger partial charge is 0.314 e. The van der Waals surface area contributed by atoms with Crippen LogP contribution in [0, 0.1) is 19.8 Å². The molecule has 0 aliphatic carbocycles. The van der Waals surface area contributed by atoms with Crippen LogP contribution in [-0.4, -0.2) is 22.9 Å². The van der Waals surface area contributed by atoms with E-state index in [4.69, 9.17) is 16.3 Å². The van der Waals surface area contributed by atoms with Crippen LogP contribution in [0.15, 0.2) is 30.3 Å². The van der Waals surface area contributed by atoms with Gasteiger partial charge in [0, 0.05) is 29.0 Å². The molecule has 0 amide bonds. The maximum atomic E-state index is 12.6. The van der Waals surface area contributed by atoms with Crippen molar-refractivity contribution in [2.75, 3.05) is 6.61 Å². The lowest BCUT2D eigenvalue weighted by Gasteiger charge is -2.19. The molecular weight excluding hydrogens is 338 g/mol. The number of halogens is 1. The Balaban J connectivity index is 2.09. The SMILES string of the molecule is Cc1cc(C(=O)COC(=O)[C@@H](c2ccc(Cl)cc2)C(C)C)c(C)n1C. The van der Waals surface area contributed by atoms with Crippen LogP contribution in [-0.2, 0) is 16.6 Å². The van der Waals surface area contributed by atoms with Crippen molar-refractivity contribution in [3.05, 3.63) is 57.9 Å². The molecule has 1 aromatic carbocycles. The Labute approximate surface area is 153 Å². The van der Waals surface area contributed by atoms with Crippen molar-refractivity contribution in [3.8, 4) is 0 Å². The van der Waals surface area contributed by atoms with Gasteiger partial charge < -0.3 is 9.30 Å². The van der Waals surface area contributed by atoms with Gasteiger partial charge in [-0.25, -0.2) is 0 Å². The van der Waals surface area contributed by atoms with Gasteiger partial charge in [-0.3, -0.25) is 9.59 Å². The molecule has 4 nitrogen and oxygen atoms in total. The molecule has 0 bridgehead atoms. The normalized spacial score (nSPS) is 12.3. The minimum Gasteiger partial charge on any atom is -0.457 e. The summed E-state index contributed by atoms with van der Waals surface area (Å²) < 4.78 is 7.28. The monoisotopic (exact) mass is 361 g/mol. The molecule has 2 rings (SSSR count). The lowest BCUT2D eigenvalue weighted by Crippen LogP contribution is -2.23. The van der Waals surface area contributed by atoms with Gasteiger partial charge in [0.05, 0.1) is 5.92 Å². The molecule has 0 saturated heterocycles. The number of carbonyl (C=O) groups is 2. The number of rotatable bonds is 6. The van der Waals surface area contributed by atoms with Crippen LogP contribution in [0.3, 0.4) is 0 Å². The van der Waals surface area contributed by atoms with Crippen molar-refractivity contribution in [3.63, 3.8) is 0 Å². The number of benzene rings is 1. The van der Waals surface area contributed by atoms with Gasteiger partial charge in [-0.05, 0) is 43.5 Å². The van der Waals surface area contributed by atoms with Gasteiger partial charge in [0.1, 0.15) is 0 Å². The number of ether oxygens (including phenoxy) is 1. The maximum absolute atomic E-state index is 12.6. The average molecular weight is 362 g/mol. The maximum Gasteiger partial charge on any atom is 0.314 e. The van der Waals surface area contributed by atoms with E-state index in [1.54, 1.807) is 12.1 Å². The number of carbonyl (C=O) groups excluding carboxylic acids is 2. The Morgan fingerprint density at radius 1 is 1.16 bits per heavy atom. The molecule has 0 fully saturated rings. The van der Waals surface area contributed by atoms with Crippen molar-refractivity contribution < 1.29 is 14.3 Å². The van der Waals surface area contributed by atoms with Crippen molar-refractivity contribution in [1.82, 2.24) is 4.57 Å². The lowest BCUT2D eigenvalue weighted by atomic mass is 9.88. The van der Waals surface area contributed by atoms with Gasteiger partial charge in [-0.1, -0.05) is 37.6 Å². The molecule has 0 radical (unpaired) electrons. The van der Waals surface area contributed by atoms with Gasteiger partial charge in [0.15, 0.2) is 6.61 Å². The van der Waals surface area contributed by atoms with Crippen LogP contribution in [0.2, 0.25) is 5.02 Å². The summed E-state index contributed by atoms with van der Waals surface area (Å²) in [6.07, 6.45) is 0. The van der Waals surface area contributed by atoms with E-state index < -0.39 is 11.9 Å². The number of esters is 1. The number of hydrogen-bond donors (Lipinski definition) is 0. The minimum absolute atomic E-state index is 0.0458. The highest BCUT2D eigenvalue weighted by Crippen LogP contribution is 2.27. The summed E-state index contributed by atoms with van der Waals surface area (Å²) in [6, 6.07) is 8.97. The van der Waals surface area contributed by atoms with E-state index in [1.807, 2.05) is 57.5 Å². The van der Waals surface area contributed by atoms with Crippen molar-refractivity contribution >= 4 is 23.4 Å². The summed E-state index contributed by atoms with van der Waals surface area (Å²) in [5, 5.41) is 0.615. The largest absolute Gasteiger partial charge is 0.457 e. The van der Waals surface area contributed by atoms with Crippen LogP contribution in [0.25, 0.3) is 0 Å². The Morgan fingerprint density at radius 2 is 1.76 bits per heavy atom. The summed E-state index contributed by atoms with van der Waals surface area (Å²) in [7, 11) is 1.91. The standard InChI is InChI=1S/C20H24ClNO3/c1-12(2)19(15-6-8-16(21)9-7-15)20(24)25-11-18(23)17-10-13(3)22(5)14(17)4/h6-10,12,19H,11H2,1-5H3/t19-/m1/s1. The zero-order valence-electron chi connectivity index (χ0n) is 15.3. The quantitative estimate of drug-likeness (QED) is 0.563. The van der Waals surface area contributed by atoms with E-state index >= 15 is 0 Å². The predicted octanol–water partition coefficient (Wildman–Crippen LogP) is 4.46. The zero-order chi connectivity index (χ0) is 18.7. The molecule has 1 atom stereocenters. The Hall–Kier alpha value is -2.07. The molecule has 0 saturated carbocycles. The highest BCUT2D eigenvalue weighted by molar-refractivity contribution is 6.30. The van der Waals surface area contributed by atoms with Crippen LogP contribution in [0.4, 0.5) is 0 Å². The molecule has 0 spiro atoms. The molecule has 2 aromatic rings. The van der Waals surface area contributed by atoms with Crippen LogP contribution in [0.1, 0.15) is 47.1 Å². The first-order chi connectivity index (χ1) is 11.7. The molecule has 0 unspecified atom stereocenters. The van der Waals surface area contributed by atoms with Gasteiger partial charge >= 0.3 is 5.97 Å². The highest BCUT2D eigenvalue weighted by atomic mass is 35.5. The zero-order valence-corrected chi connectivity index (χ0v) is 16.1. The second-order valence-corrected chi connectivity index (χ2v) is 7.08. The Morgan fingerprint density at radius 3 is 2.24 bits per heavy atom. The summed E-state index contributed by atoms with van der Waals surface area (Å²) in [4.78, 5) is 25.0. The first kappa shape index (κ1) is 19.3. The molecule has 0 aliphatic heterocycles. The van der Waals surface area contributed by atoms with Gasteiger partial charge in [0.25, 0.3) is 0 Å². The average Bonchev–Trinajstić information content (AvgIpc) is 2.82. The van der Waals surface area contributed by atoms with Crippen LogP contribution >= 0.6 is 11.6 Å². The van der Waals surface area contributed by atoms with E-state index in [0.29, 0.717) is 10.6 Å². The van der Waals surface area contributed by atoms with Crippen molar-refractivity contribution in [2.45, 2.75) is 33.6 Å². The first-order valence-corrected chi connectivity index (χ1v) is 8.68. The minimum atomic E-state index is -0.427. The van der Waals surface area contributed by atoms with E-state index in [0.717, 1.165) is 17.0 Å². The highest BCUT2D eigenvalue weighted by Gasteiger charge is 2.27. The van der Waals surface area contributed by atoms with E-state index in [1.165, 1.54) is 0 Å². The summed E-state index contributed by atoms with van der Waals surface area (Å²) in [5.41, 5.74) is 3.30. The number of nitrogens with zero attached hydrogens (tertiary/aromatic N) is 1. The fourth-order valence-electron chi connectivity index (χ4n) is 2.91. The Bertz CT molecular complexity index is 775. The number of hydrogen-bond acceptors (Lipinski definition) is 3. The number of Topliss-reactive ketones (excluding diaryl/α,β-unsaturated/α-hetero) is 1. The second-order valence-electron chi connectivity index (χ2n) is 6.65. The molecule has 1 aromatic heterocycles. The van der Waals surface area contributed by atoms with E-state index in [-0.39, 0.29) is 18.3 Å². The van der Waals surface area contributed by atoms with Crippen molar-refractivity contribution in [1.29, 1.82) is 0 Å². The third-order valence-corrected chi connectivity index (χ3v) is 4.82. The van der Waals surface area contributed by atoms with Gasteiger partial charge in [0.2, 0.25) is 5.78 Å². The van der Waals surface area contributed by atoms with Gasteiger partial charge in [-0.2, -0.15) is 0 Å². The first-order valence-electron chi connectivity index (χ1n) is 8.30. The summed E-state index contributed by atoms with van der Waals surface area (Å²) in [6.45, 7) is 7.47. The fourth-order valence-corrected chi connectivity index (χ4v) is 3.03. The molecule has 5 heteroatoms. The third kappa shape index (κ3) is 4.31. The molecule has 25 heavy (non-hydrogen) atoms. The molecular formula is C20H24ClNO3. The van der Waals surface area contributed by atoms with Crippen LogP contribution in [0.5, 0.6) is 0 Å². The molecule has 0 aliphatic rings. The molecule has 0 N–H and O–H groups in total. The fraction of sp³-hybridized carbons (Fsp3) is 0.400. The topological polar surface area (TPSA) is 48.3 Å². The third-order valence-electron chi connectivity index (χ3n) is 4.57. The lowest BCUT2D eigenvalue weighted by molar-refractivity contribution is -0.145. The van der Waals surface area contributed by atoms with E-state index in [2.05, 4.69) is 0 Å². The number of aromatic nitrogens is 1. The second kappa shape index (κ2) is 7.87. The summed E-state index contributed by atoms with van der Waals surface area (Å²) in [5.74, 6) is -0.961.